The van der Waals surface area contributed by atoms with Crippen LogP contribution in [0.3, 0.4) is 0 Å². The summed E-state index contributed by atoms with van der Waals surface area (Å²) in [5, 5.41) is 9.05. The van der Waals surface area contributed by atoms with Gasteiger partial charge in [-0.1, -0.05) is 39.5 Å². The van der Waals surface area contributed by atoms with Gasteiger partial charge in [-0.2, -0.15) is 0 Å². The Labute approximate surface area is 121 Å². The molecule has 0 saturated carbocycles. The molecule has 20 heavy (non-hydrogen) atoms. The van der Waals surface area contributed by atoms with E-state index in [4.69, 9.17) is 9.52 Å². The first kappa shape index (κ1) is 16.8. The van der Waals surface area contributed by atoms with E-state index in [2.05, 4.69) is 11.8 Å². The number of carbonyl (C=O) groups is 1. The first-order chi connectivity index (χ1) is 9.63. The van der Waals surface area contributed by atoms with E-state index in [0.29, 0.717) is 13.1 Å². The van der Waals surface area contributed by atoms with Gasteiger partial charge in [0, 0.05) is 6.54 Å². The maximum Gasteiger partial charge on any atom is 0.307 e. The Morgan fingerprint density at radius 1 is 1.35 bits per heavy atom. The van der Waals surface area contributed by atoms with Crippen LogP contribution in [0.1, 0.15) is 51.7 Å². The molecule has 1 N–H and O–H groups in total. The van der Waals surface area contributed by atoms with Crippen molar-refractivity contribution in [2.45, 2.75) is 52.5 Å². The number of nitrogens with zero attached hydrogens (tertiary/aromatic N) is 1. The lowest BCUT2D eigenvalue weighted by Gasteiger charge is -2.23. The number of carboxylic acid groups (broad SMARTS) is 1. The van der Waals surface area contributed by atoms with E-state index in [9.17, 15) is 4.79 Å². The Morgan fingerprint density at radius 2 is 2.10 bits per heavy atom. The number of carboxylic acids is 1. The normalized spacial score (nSPS) is 12.8. The second-order valence-corrected chi connectivity index (χ2v) is 5.47. The van der Waals surface area contributed by atoms with Crippen LogP contribution in [-0.2, 0) is 11.3 Å². The van der Waals surface area contributed by atoms with Crippen molar-refractivity contribution in [3.05, 3.63) is 24.2 Å². The van der Waals surface area contributed by atoms with Crippen molar-refractivity contribution in [1.82, 2.24) is 4.90 Å². The van der Waals surface area contributed by atoms with Crippen molar-refractivity contribution in [3.63, 3.8) is 0 Å². The maximum atomic E-state index is 11.0. The Hall–Kier alpha value is -1.29. The van der Waals surface area contributed by atoms with Crippen LogP contribution in [0, 0.1) is 5.92 Å². The monoisotopic (exact) mass is 281 g/mol. The molecule has 0 aromatic carbocycles. The Bertz CT molecular complexity index is 362. The molecule has 0 bridgehead atoms. The summed E-state index contributed by atoms with van der Waals surface area (Å²) >= 11 is 0. The molecule has 0 aliphatic rings. The molecular formula is C16H27NO3. The third kappa shape index (κ3) is 6.75. The van der Waals surface area contributed by atoms with Gasteiger partial charge in [-0.3, -0.25) is 9.69 Å². The van der Waals surface area contributed by atoms with Gasteiger partial charge in [0.15, 0.2) is 0 Å². The van der Waals surface area contributed by atoms with Crippen LogP contribution in [0.15, 0.2) is 22.8 Å². The Morgan fingerprint density at radius 3 is 2.70 bits per heavy atom. The highest BCUT2D eigenvalue weighted by Crippen LogP contribution is 2.11. The summed E-state index contributed by atoms with van der Waals surface area (Å²) in [5.74, 6) is -0.183. The van der Waals surface area contributed by atoms with Crippen LogP contribution in [0.5, 0.6) is 0 Å². The molecule has 114 valence electrons. The van der Waals surface area contributed by atoms with Gasteiger partial charge in [-0.25, -0.2) is 0 Å². The summed E-state index contributed by atoms with van der Waals surface area (Å²) < 4.78 is 5.36. The maximum absolute atomic E-state index is 11.0. The molecular weight excluding hydrogens is 254 g/mol. The van der Waals surface area contributed by atoms with Crippen molar-refractivity contribution in [2.24, 2.45) is 5.92 Å². The molecule has 0 saturated heterocycles. The average Bonchev–Trinajstić information content (AvgIpc) is 2.91. The molecule has 0 spiro atoms. The second-order valence-electron chi connectivity index (χ2n) is 5.47. The van der Waals surface area contributed by atoms with Crippen LogP contribution in [0.25, 0.3) is 0 Å². The Kier molecular flexibility index (Phi) is 8.04. The SMILES string of the molecule is CCCCCCCN(Cc1ccco1)CC(C)C(=O)O. The molecule has 0 radical (unpaired) electrons. The van der Waals surface area contributed by atoms with E-state index in [1.165, 1.54) is 25.7 Å². The van der Waals surface area contributed by atoms with Crippen LogP contribution in [0.4, 0.5) is 0 Å². The predicted octanol–water partition coefficient (Wildman–Crippen LogP) is 3.77. The minimum absolute atomic E-state index is 0.347. The van der Waals surface area contributed by atoms with E-state index < -0.39 is 5.97 Å². The highest BCUT2D eigenvalue weighted by Gasteiger charge is 2.16. The smallest absolute Gasteiger partial charge is 0.307 e. The highest BCUT2D eigenvalue weighted by molar-refractivity contribution is 5.69. The van der Waals surface area contributed by atoms with Gasteiger partial charge in [-0.15, -0.1) is 0 Å². The first-order valence-electron chi connectivity index (χ1n) is 7.61. The molecule has 0 aliphatic carbocycles. The van der Waals surface area contributed by atoms with E-state index in [0.717, 1.165) is 18.7 Å². The summed E-state index contributed by atoms with van der Waals surface area (Å²) in [6.07, 6.45) is 7.78. The molecule has 1 heterocycles. The zero-order chi connectivity index (χ0) is 14.8. The summed E-state index contributed by atoms with van der Waals surface area (Å²) in [5.41, 5.74) is 0. The molecule has 0 aliphatic heterocycles. The van der Waals surface area contributed by atoms with Crippen molar-refractivity contribution in [3.8, 4) is 0 Å². The Balaban J connectivity index is 2.39. The fourth-order valence-corrected chi connectivity index (χ4v) is 2.26. The number of hydrogen-bond acceptors (Lipinski definition) is 3. The molecule has 0 fully saturated rings. The number of rotatable bonds is 11. The van der Waals surface area contributed by atoms with Gasteiger partial charge in [0.05, 0.1) is 18.7 Å². The molecule has 1 aromatic rings. The number of unbranched alkanes of at least 4 members (excludes halogenated alkanes) is 4. The number of furan rings is 1. The molecule has 4 heteroatoms. The van der Waals surface area contributed by atoms with Crippen LogP contribution in [-0.4, -0.2) is 29.1 Å². The van der Waals surface area contributed by atoms with Gasteiger partial charge >= 0.3 is 5.97 Å². The largest absolute Gasteiger partial charge is 0.481 e. The van der Waals surface area contributed by atoms with Crippen molar-refractivity contribution < 1.29 is 14.3 Å². The van der Waals surface area contributed by atoms with E-state index >= 15 is 0 Å². The van der Waals surface area contributed by atoms with Gasteiger partial charge in [0.2, 0.25) is 0 Å². The van der Waals surface area contributed by atoms with Crippen LogP contribution in [0.2, 0.25) is 0 Å². The molecule has 1 rings (SSSR count). The predicted molar refractivity (Wildman–Crippen MR) is 79.5 cm³/mol. The first-order valence-corrected chi connectivity index (χ1v) is 7.61. The summed E-state index contributed by atoms with van der Waals surface area (Å²) in [6, 6.07) is 3.81. The molecule has 1 aromatic heterocycles. The van der Waals surface area contributed by atoms with Crippen LogP contribution >= 0.6 is 0 Å². The van der Waals surface area contributed by atoms with E-state index in [-0.39, 0.29) is 5.92 Å². The molecule has 4 nitrogen and oxygen atoms in total. The highest BCUT2D eigenvalue weighted by atomic mass is 16.4. The third-order valence-electron chi connectivity index (χ3n) is 3.49. The van der Waals surface area contributed by atoms with Crippen LogP contribution < -0.4 is 0 Å². The zero-order valence-electron chi connectivity index (χ0n) is 12.7. The molecule has 1 atom stereocenters. The molecule has 1 unspecified atom stereocenters. The topological polar surface area (TPSA) is 53.7 Å². The van der Waals surface area contributed by atoms with Gasteiger partial charge < -0.3 is 9.52 Å². The standard InChI is InChI=1S/C16H27NO3/c1-3-4-5-6-7-10-17(12-14(2)16(18)19)13-15-9-8-11-20-15/h8-9,11,14H,3-7,10,12-13H2,1-2H3,(H,18,19). The van der Waals surface area contributed by atoms with Gasteiger partial charge in [0.1, 0.15) is 5.76 Å². The number of aliphatic carboxylic acids is 1. The van der Waals surface area contributed by atoms with E-state index in [1.807, 2.05) is 12.1 Å². The minimum Gasteiger partial charge on any atom is -0.481 e. The third-order valence-corrected chi connectivity index (χ3v) is 3.49. The minimum atomic E-state index is -0.736. The second kappa shape index (κ2) is 9.59. The summed E-state index contributed by atoms with van der Waals surface area (Å²) in [7, 11) is 0. The van der Waals surface area contributed by atoms with Crippen molar-refractivity contribution >= 4 is 5.97 Å². The number of hydrogen-bond donors (Lipinski definition) is 1. The van der Waals surface area contributed by atoms with Crippen molar-refractivity contribution in [2.75, 3.05) is 13.1 Å². The van der Waals surface area contributed by atoms with Gasteiger partial charge in [-0.05, 0) is 25.1 Å². The fourth-order valence-electron chi connectivity index (χ4n) is 2.26. The summed E-state index contributed by atoms with van der Waals surface area (Å²) in [6.45, 7) is 6.16. The summed E-state index contributed by atoms with van der Waals surface area (Å²) in [4.78, 5) is 13.2. The van der Waals surface area contributed by atoms with E-state index in [1.54, 1.807) is 13.2 Å². The zero-order valence-corrected chi connectivity index (χ0v) is 12.7. The quantitative estimate of drug-likeness (QED) is 0.627. The fraction of sp³-hybridized carbons (Fsp3) is 0.688. The average molecular weight is 281 g/mol. The van der Waals surface area contributed by atoms with Crippen molar-refractivity contribution in [1.29, 1.82) is 0 Å². The lowest BCUT2D eigenvalue weighted by atomic mass is 10.1. The lowest BCUT2D eigenvalue weighted by Crippen LogP contribution is -2.32. The lowest BCUT2D eigenvalue weighted by molar-refractivity contribution is -0.141. The van der Waals surface area contributed by atoms with Gasteiger partial charge in [0.25, 0.3) is 0 Å². The molecule has 0 amide bonds.